The zero-order valence-corrected chi connectivity index (χ0v) is 13.4. The third-order valence-electron chi connectivity index (χ3n) is 4.22. The largest absolute Gasteiger partial charge is 0.481 e. The maximum absolute atomic E-state index is 12.8. The van der Waals surface area contributed by atoms with Crippen LogP contribution in [0.5, 0.6) is 0 Å². The normalized spacial score (nSPS) is 23.9. The van der Waals surface area contributed by atoms with Crippen molar-refractivity contribution < 1.29 is 14.7 Å². The molecule has 1 unspecified atom stereocenters. The molecule has 2 amide bonds. The number of thioether (sulfide) groups is 1. The highest BCUT2D eigenvalue weighted by Gasteiger charge is 2.34. The Bertz CT molecular complexity index is 374. The van der Waals surface area contributed by atoms with Gasteiger partial charge in [-0.25, -0.2) is 4.79 Å². The van der Waals surface area contributed by atoms with Crippen LogP contribution in [0.1, 0.15) is 26.2 Å². The fourth-order valence-corrected chi connectivity index (χ4v) is 4.17. The molecule has 0 aromatic carbocycles. The monoisotopic (exact) mass is 315 g/mol. The van der Waals surface area contributed by atoms with Gasteiger partial charge in [0.05, 0.1) is 12.5 Å². The Morgan fingerprint density at radius 3 is 2.71 bits per heavy atom. The summed E-state index contributed by atoms with van der Waals surface area (Å²) in [5.74, 6) is 0.790. The smallest absolute Gasteiger partial charge is 0.320 e. The molecule has 0 aliphatic carbocycles. The molecule has 2 aliphatic heterocycles. The first-order chi connectivity index (χ1) is 10.1. The predicted octanol–water partition coefficient (Wildman–Crippen LogP) is 1.07. The van der Waals surface area contributed by atoms with Crippen molar-refractivity contribution in [1.29, 1.82) is 0 Å². The minimum atomic E-state index is -0.829. The highest BCUT2D eigenvalue weighted by Crippen LogP contribution is 2.22. The standard InChI is InChI=1S/C14H25N3O3S/c1-2-16(11-3-5-15-6-4-11)14(20)17-7-8-21-10-12(17)9-13(18)19/h11-12,15H,2-10H2,1H3,(H,18,19). The summed E-state index contributed by atoms with van der Waals surface area (Å²) in [6.07, 6.45) is 2.00. The van der Waals surface area contributed by atoms with Gasteiger partial charge in [-0.3, -0.25) is 4.79 Å². The predicted molar refractivity (Wildman–Crippen MR) is 83.7 cm³/mol. The van der Waals surface area contributed by atoms with Crippen LogP contribution in [0.15, 0.2) is 0 Å². The van der Waals surface area contributed by atoms with E-state index in [1.54, 1.807) is 16.7 Å². The summed E-state index contributed by atoms with van der Waals surface area (Å²) >= 11 is 1.74. The summed E-state index contributed by atoms with van der Waals surface area (Å²) in [5.41, 5.74) is 0. The van der Waals surface area contributed by atoms with E-state index in [0.717, 1.165) is 37.4 Å². The highest BCUT2D eigenvalue weighted by atomic mass is 32.2. The molecule has 2 saturated heterocycles. The third kappa shape index (κ3) is 4.26. The fraction of sp³-hybridized carbons (Fsp3) is 0.857. The molecule has 7 heteroatoms. The molecule has 2 aliphatic rings. The van der Waals surface area contributed by atoms with Gasteiger partial charge >= 0.3 is 12.0 Å². The van der Waals surface area contributed by atoms with Crippen molar-refractivity contribution in [3.63, 3.8) is 0 Å². The van der Waals surface area contributed by atoms with Crippen molar-refractivity contribution in [2.24, 2.45) is 0 Å². The Kier molecular flexibility index (Phi) is 6.17. The van der Waals surface area contributed by atoms with Crippen LogP contribution in [0.4, 0.5) is 4.79 Å². The van der Waals surface area contributed by atoms with Crippen LogP contribution in [-0.2, 0) is 4.79 Å². The Morgan fingerprint density at radius 1 is 1.38 bits per heavy atom. The molecule has 2 fully saturated rings. The van der Waals surface area contributed by atoms with Gasteiger partial charge in [-0.15, -0.1) is 0 Å². The lowest BCUT2D eigenvalue weighted by Crippen LogP contribution is -2.56. The average Bonchev–Trinajstić information content (AvgIpc) is 2.49. The van der Waals surface area contributed by atoms with Crippen LogP contribution in [-0.4, -0.2) is 76.7 Å². The van der Waals surface area contributed by atoms with Crippen molar-refractivity contribution in [2.75, 3.05) is 37.7 Å². The lowest BCUT2D eigenvalue weighted by Gasteiger charge is -2.41. The fourth-order valence-electron chi connectivity index (χ4n) is 3.11. The molecule has 0 bridgehead atoms. The number of nitrogens with one attached hydrogen (secondary N) is 1. The van der Waals surface area contributed by atoms with Crippen molar-refractivity contribution in [2.45, 2.75) is 38.3 Å². The molecule has 1 atom stereocenters. The van der Waals surface area contributed by atoms with Gasteiger partial charge in [0.1, 0.15) is 0 Å². The number of carbonyl (C=O) groups excluding carboxylic acids is 1. The number of carbonyl (C=O) groups is 2. The zero-order chi connectivity index (χ0) is 15.2. The van der Waals surface area contributed by atoms with Crippen molar-refractivity contribution >= 4 is 23.8 Å². The molecule has 21 heavy (non-hydrogen) atoms. The van der Waals surface area contributed by atoms with E-state index in [2.05, 4.69) is 5.32 Å². The van der Waals surface area contributed by atoms with Gasteiger partial charge in [0.25, 0.3) is 0 Å². The van der Waals surface area contributed by atoms with Gasteiger partial charge in [-0.2, -0.15) is 11.8 Å². The van der Waals surface area contributed by atoms with E-state index in [1.807, 2.05) is 11.8 Å². The number of nitrogens with zero attached hydrogens (tertiary/aromatic N) is 2. The SMILES string of the molecule is CCN(C(=O)N1CCSCC1CC(=O)O)C1CCNCC1. The summed E-state index contributed by atoms with van der Waals surface area (Å²) < 4.78 is 0. The van der Waals surface area contributed by atoms with Gasteiger partial charge in [-0.1, -0.05) is 0 Å². The molecule has 0 aromatic rings. The van der Waals surface area contributed by atoms with Gasteiger partial charge in [0.15, 0.2) is 0 Å². The van der Waals surface area contributed by atoms with Gasteiger partial charge < -0.3 is 20.2 Å². The van der Waals surface area contributed by atoms with E-state index in [1.165, 1.54) is 0 Å². The van der Waals surface area contributed by atoms with Crippen LogP contribution >= 0.6 is 11.8 Å². The second-order valence-electron chi connectivity index (χ2n) is 5.57. The first-order valence-corrected chi connectivity index (χ1v) is 8.86. The molecule has 2 N–H and O–H groups in total. The summed E-state index contributed by atoms with van der Waals surface area (Å²) in [5, 5.41) is 12.4. The number of hydrogen-bond acceptors (Lipinski definition) is 4. The quantitative estimate of drug-likeness (QED) is 0.812. The van der Waals surface area contributed by atoms with Gasteiger partial charge in [0, 0.05) is 30.6 Å². The molecule has 0 saturated carbocycles. The van der Waals surface area contributed by atoms with Crippen LogP contribution in [0, 0.1) is 0 Å². The Labute approximate surface area is 130 Å². The lowest BCUT2D eigenvalue weighted by atomic mass is 10.0. The Hall–Kier alpha value is -0.950. The molecular formula is C14H25N3O3S. The maximum Gasteiger partial charge on any atom is 0.320 e. The number of hydrogen-bond donors (Lipinski definition) is 2. The minimum Gasteiger partial charge on any atom is -0.481 e. The number of aliphatic carboxylic acids is 1. The summed E-state index contributed by atoms with van der Waals surface area (Å²) in [6.45, 7) is 5.24. The third-order valence-corrected chi connectivity index (χ3v) is 5.31. The lowest BCUT2D eigenvalue weighted by molar-refractivity contribution is -0.138. The molecule has 0 spiro atoms. The van der Waals surface area contributed by atoms with E-state index in [9.17, 15) is 9.59 Å². The van der Waals surface area contributed by atoms with Crippen molar-refractivity contribution in [3.8, 4) is 0 Å². The number of carboxylic acid groups (broad SMARTS) is 1. The average molecular weight is 315 g/mol. The second-order valence-corrected chi connectivity index (χ2v) is 6.72. The van der Waals surface area contributed by atoms with E-state index in [-0.39, 0.29) is 24.5 Å². The molecule has 2 heterocycles. The first kappa shape index (κ1) is 16.4. The van der Waals surface area contributed by atoms with Crippen LogP contribution in [0.25, 0.3) is 0 Å². The molecule has 6 nitrogen and oxygen atoms in total. The first-order valence-electron chi connectivity index (χ1n) is 7.71. The molecular weight excluding hydrogens is 290 g/mol. The van der Waals surface area contributed by atoms with Crippen LogP contribution < -0.4 is 5.32 Å². The number of amides is 2. The molecule has 120 valence electrons. The summed E-state index contributed by atoms with van der Waals surface area (Å²) in [7, 11) is 0. The maximum atomic E-state index is 12.8. The minimum absolute atomic E-state index is 0.0240. The molecule has 0 aromatic heterocycles. The number of carboxylic acids is 1. The number of rotatable bonds is 4. The Morgan fingerprint density at radius 2 is 2.10 bits per heavy atom. The Balaban J connectivity index is 2.04. The van der Waals surface area contributed by atoms with Crippen LogP contribution in [0.3, 0.4) is 0 Å². The second kappa shape index (κ2) is 7.89. The van der Waals surface area contributed by atoms with E-state index in [0.29, 0.717) is 13.1 Å². The van der Waals surface area contributed by atoms with Gasteiger partial charge in [-0.05, 0) is 32.9 Å². The van der Waals surface area contributed by atoms with E-state index in [4.69, 9.17) is 5.11 Å². The van der Waals surface area contributed by atoms with Crippen molar-refractivity contribution in [3.05, 3.63) is 0 Å². The topological polar surface area (TPSA) is 72.9 Å². The molecule has 0 radical (unpaired) electrons. The highest BCUT2D eigenvalue weighted by molar-refractivity contribution is 7.99. The number of urea groups is 1. The van der Waals surface area contributed by atoms with Crippen LogP contribution in [0.2, 0.25) is 0 Å². The number of piperidine rings is 1. The summed E-state index contributed by atoms with van der Waals surface area (Å²) in [6, 6.07) is 0.129. The van der Waals surface area contributed by atoms with E-state index < -0.39 is 5.97 Å². The van der Waals surface area contributed by atoms with Crippen molar-refractivity contribution in [1.82, 2.24) is 15.1 Å². The van der Waals surface area contributed by atoms with E-state index >= 15 is 0 Å². The zero-order valence-electron chi connectivity index (χ0n) is 12.6. The summed E-state index contributed by atoms with van der Waals surface area (Å²) in [4.78, 5) is 27.6. The molecule has 2 rings (SSSR count). The van der Waals surface area contributed by atoms with Gasteiger partial charge in [0.2, 0.25) is 0 Å².